The van der Waals surface area contributed by atoms with Gasteiger partial charge in [-0.15, -0.1) is 0 Å². The maximum Gasteiger partial charge on any atom is 0.276 e. The highest BCUT2D eigenvalue weighted by molar-refractivity contribution is 7.89. The van der Waals surface area contributed by atoms with Gasteiger partial charge in [-0.3, -0.25) is 0 Å². The summed E-state index contributed by atoms with van der Waals surface area (Å²) in [7, 11) is -3.45. The molecule has 19 heavy (non-hydrogen) atoms. The van der Waals surface area contributed by atoms with Crippen LogP contribution in [0.2, 0.25) is 0 Å². The van der Waals surface area contributed by atoms with E-state index in [1.54, 1.807) is 12.1 Å². The predicted octanol–water partition coefficient (Wildman–Crippen LogP) is 1.81. The summed E-state index contributed by atoms with van der Waals surface area (Å²) in [6.07, 6.45) is 1.84. The molecule has 0 radical (unpaired) electrons. The van der Waals surface area contributed by atoms with Crippen molar-refractivity contribution in [3.05, 3.63) is 17.9 Å². The summed E-state index contributed by atoms with van der Waals surface area (Å²) in [6.45, 7) is 6.72. The molecule has 0 atom stereocenters. The standard InChI is InChI=1S/C13H22N2O3S/c1-3-14-10-12-4-5-13(18-12)19(16,17)15-8-6-11(2)7-9-15/h4-5,11,14H,3,6-10H2,1-2H3. The molecule has 0 unspecified atom stereocenters. The molecule has 1 N–H and O–H groups in total. The lowest BCUT2D eigenvalue weighted by atomic mass is 10.0. The van der Waals surface area contributed by atoms with Crippen molar-refractivity contribution >= 4 is 10.0 Å². The van der Waals surface area contributed by atoms with E-state index in [9.17, 15) is 8.42 Å². The third-order valence-corrected chi connectivity index (χ3v) is 5.30. The number of furan rings is 1. The Kier molecular flexibility index (Phi) is 4.65. The van der Waals surface area contributed by atoms with Crippen LogP contribution in [-0.4, -0.2) is 32.4 Å². The Hall–Kier alpha value is -0.850. The van der Waals surface area contributed by atoms with E-state index in [2.05, 4.69) is 12.2 Å². The molecule has 1 aliphatic rings. The average molecular weight is 286 g/mol. The van der Waals surface area contributed by atoms with Crippen LogP contribution in [0, 0.1) is 5.92 Å². The van der Waals surface area contributed by atoms with Gasteiger partial charge in [0.25, 0.3) is 10.0 Å². The fourth-order valence-electron chi connectivity index (χ4n) is 2.19. The Morgan fingerprint density at radius 1 is 1.37 bits per heavy atom. The Labute approximate surface area is 115 Å². The van der Waals surface area contributed by atoms with E-state index < -0.39 is 10.0 Å². The largest absolute Gasteiger partial charge is 0.447 e. The first-order chi connectivity index (χ1) is 9.04. The number of hydrogen-bond donors (Lipinski definition) is 1. The number of nitrogens with zero attached hydrogens (tertiary/aromatic N) is 1. The van der Waals surface area contributed by atoms with Gasteiger partial charge in [0.2, 0.25) is 5.09 Å². The maximum atomic E-state index is 12.4. The smallest absolute Gasteiger partial charge is 0.276 e. The van der Waals surface area contributed by atoms with Gasteiger partial charge in [-0.05, 0) is 37.4 Å². The number of nitrogens with one attached hydrogen (secondary N) is 1. The molecule has 5 nitrogen and oxygen atoms in total. The van der Waals surface area contributed by atoms with E-state index in [0.29, 0.717) is 31.3 Å². The molecule has 0 bridgehead atoms. The zero-order valence-corrected chi connectivity index (χ0v) is 12.4. The molecule has 0 amide bonds. The number of hydrogen-bond acceptors (Lipinski definition) is 4. The summed E-state index contributed by atoms with van der Waals surface area (Å²) in [5, 5.41) is 3.18. The van der Waals surface area contributed by atoms with Gasteiger partial charge in [0.1, 0.15) is 5.76 Å². The van der Waals surface area contributed by atoms with Gasteiger partial charge in [0.05, 0.1) is 6.54 Å². The first kappa shape index (κ1) is 14.6. The van der Waals surface area contributed by atoms with E-state index in [1.807, 2.05) is 6.92 Å². The lowest BCUT2D eigenvalue weighted by molar-refractivity contribution is 0.279. The second-order valence-electron chi connectivity index (χ2n) is 5.09. The van der Waals surface area contributed by atoms with Gasteiger partial charge in [-0.2, -0.15) is 4.31 Å². The van der Waals surface area contributed by atoms with Crippen LogP contribution < -0.4 is 5.32 Å². The fraction of sp³-hybridized carbons (Fsp3) is 0.692. The van der Waals surface area contributed by atoms with Crippen molar-refractivity contribution < 1.29 is 12.8 Å². The van der Waals surface area contributed by atoms with Gasteiger partial charge in [-0.25, -0.2) is 8.42 Å². The zero-order valence-electron chi connectivity index (χ0n) is 11.6. The van der Waals surface area contributed by atoms with Crippen LogP contribution in [0.3, 0.4) is 0 Å². The van der Waals surface area contributed by atoms with E-state index in [-0.39, 0.29) is 5.09 Å². The van der Waals surface area contributed by atoms with E-state index in [0.717, 1.165) is 19.4 Å². The van der Waals surface area contributed by atoms with Crippen molar-refractivity contribution in [2.75, 3.05) is 19.6 Å². The van der Waals surface area contributed by atoms with Crippen LogP contribution in [-0.2, 0) is 16.6 Å². The molecule has 1 aliphatic heterocycles. The Balaban J connectivity index is 2.08. The number of rotatable bonds is 5. The summed E-state index contributed by atoms with van der Waals surface area (Å²) in [5.74, 6) is 1.26. The molecule has 1 fully saturated rings. The summed E-state index contributed by atoms with van der Waals surface area (Å²) in [6, 6.07) is 3.28. The van der Waals surface area contributed by atoms with Crippen LogP contribution in [0.15, 0.2) is 21.6 Å². The third kappa shape index (κ3) is 3.38. The second-order valence-corrected chi connectivity index (χ2v) is 6.96. The van der Waals surface area contributed by atoms with Gasteiger partial charge in [-0.1, -0.05) is 13.8 Å². The van der Waals surface area contributed by atoms with Gasteiger partial charge in [0, 0.05) is 13.1 Å². The lowest BCUT2D eigenvalue weighted by Gasteiger charge is -2.28. The van der Waals surface area contributed by atoms with Crippen LogP contribution >= 0.6 is 0 Å². The highest BCUT2D eigenvalue weighted by Crippen LogP contribution is 2.24. The summed E-state index contributed by atoms with van der Waals surface area (Å²) < 4.78 is 31.8. The fourth-order valence-corrected chi connectivity index (χ4v) is 3.59. The summed E-state index contributed by atoms with van der Waals surface area (Å²) >= 11 is 0. The molecular formula is C13H22N2O3S. The van der Waals surface area contributed by atoms with Crippen molar-refractivity contribution in [1.29, 1.82) is 0 Å². The van der Waals surface area contributed by atoms with Crippen molar-refractivity contribution in [2.24, 2.45) is 5.92 Å². The van der Waals surface area contributed by atoms with Crippen molar-refractivity contribution in [1.82, 2.24) is 9.62 Å². The minimum Gasteiger partial charge on any atom is -0.447 e. The van der Waals surface area contributed by atoms with Crippen molar-refractivity contribution in [3.63, 3.8) is 0 Å². The lowest BCUT2D eigenvalue weighted by Crippen LogP contribution is -2.37. The van der Waals surface area contributed by atoms with Gasteiger partial charge < -0.3 is 9.73 Å². The highest BCUT2D eigenvalue weighted by Gasteiger charge is 2.30. The molecule has 0 aliphatic carbocycles. The van der Waals surface area contributed by atoms with E-state index in [4.69, 9.17) is 4.42 Å². The van der Waals surface area contributed by atoms with Gasteiger partial charge >= 0.3 is 0 Å². The monoisotopic (exact) mass is 286 g/mol. The minimum atomic E-state index is -3.45. The quantitative estimate of drug-likeness (QED) is 0.896. The molecule has 1 saturated heterocycles. The van der Waals surface area contributed by atoms with E-state index in [1.165, 1.54) is 4.31 Å². The molecule has 1 aromatic heterocycles. The Bertz CT molecular complexity index is 502. The summed E-state index contributed by atoms with van der Waals surface area (Å²) in [5.41, 5.74) is 0. The van der Waals surface area contributed by atoms with Crippen molar-refractivity contribution in [2.45, 2.75) is 38.3 Å². The Morgan fingerprint density at radius 2 is 2.05 bits per heavy atom. The third-order valence-electron chi connectivity index (χ3n) is 3.52. The maximum absolute atomic E-state index is 12.4. The van der Waals surface area contributed by atoms with E-state index >= 15 is 0 Å². The predicted molar refractivity (Wildman–Crippen MR) is 73.2 cm³/mol. The number of sulfonamides is 1. The molecule has 108 valence electrons. The SMILES string of the molecule is CCNCc1ccc(S(=O)(=O)N2CCC(C)CC2)o1. The molecule has 2 heterocycles. The van der Waals surface area contributed by atoms with Crippen LogP contribution in [0.1, 0.15) is 32.4 Å². The molecule has 0 spiro atoms. The van der Waals surface area contributed by atoms with Gasteiger partial charge in [0.15, 0.2) is 0 Å². The van der Waals surface area contributed by atoms with Crippen LogP contribution in [0.4, 0.5) is 0 Å². The Morgan fingerprint density at radius 3 is 2.68 bits per heavy atom. The molecular weight excluding hydrogens is 264 g/mol. The molecule has 1 aromatic rings. The average Bonchev–Trinajstić information content (AvgIpc) is 2.86. The number of piperidine rings is 1. The molecule has 6 heteroatoms. The zero-order chi connectivity index (χ0) is 13.9. The first-order valence-electron chi connectivity index (χ1n) is 6.83. The second kappa shape index (κ2) is 6.07. The molecule has 0 saturated carbocycles. The normalized spacial score (nSPS) is 18.8. The summed E-state index contributed by atoms with van der Waals surface area (Å²) in [4.78, 5) is 0. The van der Waals surface area contributed by atoms with Crippen LogP contribution in [0.25, 0.3) is 0 Å². The van der Waals surface area contributed by atoms with Crippen LogP contribution in [0.5, 0.6) is 0 Å². The molecule has 0 aromatic carbocycles. The van der Waals surface area contributed by atoms with Crippen molar-refractivity contribution in [3.8, 4) is 0 Å². The molecule has 2 rings (SSSR count). The highest BCUT2D eigenvalue weighted by atomic mass is 32.2. The topological polar surface area (TPSA) is 62.6 Å². The minimum absolute atomic E-state index is 0.0648. The first-order valence-corrected chi connectivity index (χ1v) is 8.27.